The first-order valence-corrected chi connectivity index (χ1v) is 11.5. The Balaban J connectivity index is 1.45. The number of anilines is 1. The number of amides is 1. The van der Waals surface area contributed by atoms with Crippen molar-refractivity contribution in [3.63, 3.8) is 0 Å². The van der Waals surface area contributed by atoms with Crippen molar-refractivity contribution in [2.75, 3.05) is 38.2 Å². The zero-order valence-corrected chi connectivity index (χ0v) is 19.3. The molecule has 0 spiro atoms. The second kappa shape index (κ2) is 9.05. The first-order valence-electron chi connectivity index (χ1n) is 11.5. The molecule has 1 saturated heterocycles. The number of methoxy groups -OCH3 is 1. The van der Waals surface area contributed by atoms with Crippen LogP contribution >= 0.6 is 0 Å². The normalized spacial score (nSPS) is 13.9. The molecule has 0 N–H and O–H groups in total. The molecule has 3 aliphatic heterocycles. The number of carbonyl (C=O) groups is 1. The molecule has 0 unspecified atom stereocenters. The van der Waals surface area contributed by atoms with Crippen LogP contribution in [-0.2, 0) is 6.54 Å². The molecule has 0 atom stereocenters. The summed E-state index contributed by atoms with van der Waals surface area (Å²) < 4.78 is 8.75. The topological polar surface area (TPSA) is 72.6 Å². The van der Waals surface area contributed by atoms with Gasteiger partial charge in [-0.25, -0.2) is 0 Å². The Bertz CT molecular complexity index is 1340. The molecule has 3 aliphatic rings. The SMILES string of the molecule is CCn1cc(C(=O)N2CCN(c3ccccc3OC)CC2)c2nn(-c3ccccc3)c(=O)c-2c1. The number of rotatable bonds is 5. The molecule has 34 heavy (non-hydrogen) atoms. The lowest BCUT2D eigenvalue weighted by molar-refractivity contribution is 0.0746. The van der Waals surface area contributed by atoms with E-state index in [4.69, 9.17) is 4.74 Å². The molecular weight excluding hydrogens is 430 g/mol. The minimum absolute atomic E-state index is 0.106. The Morgan fingerprint density at radius 3 is 2.38 bits per heavy atom. The van der Waals surface area contributed by atoms with Crippen LogP contribution in [0.1, 0.15) is 17.3 Å². The monoisotopic (exact) mass is 457 g/mol. The maximum Gasteiger partial charge on any atom is 0.282 e. The average Bonchev–Trinajstić information content (AvgIpc) is 3.24. The first-order chi connectivity index (χ1) is 16.6. The van der Waals surface area contributed by atoms with E-state index >= 15 is 0 Å². The van der Waals surface area contributed by atoms with Crippen LogP contribution < -0.4 is 15.2 Å². The van der Waals surface area contributed by atoms with E-state index in [9.17, 15) is 9.59 Å². The molecule has 3 heterocycles. The fourth-order valence-corrected chi connectivity index (χ4v) is 4.46. The van der Waals surface area contributed by atoms with Crippen molar-refractivity contribution in [3.05, 3.63) is 82.9 Å². The van der Waals surface area contributed by atoms with Gasteiger partial charge in [0.2, 0.25) is 0 Å². The second-order valence-corrected chi connectivity index (χ2v) is 8.27. The molecule has 2 aromatic carbocycles. The highest BCUT2D eigenvalue weighted by molar-refractivity contribution is 6.00. The van der Waals surface area contributed by atoms with Crippen molar-refractivity contribution in [2.24, 2.45) is 0 Å². The van der Waals surface area contributed by atoms with Crippen molar-refractivity contribution in [2.45, 2.75) is 13.5 Å². The molecule has 174 valence electrons. The highest BCUT2D eigenvalue weighted by Crippen LogP contribution is 2.29. The summed E-state index contributed by atoms with van der Waals surface area (Å²) >= 11 is 0. The number of pyridine rings is 1. The third kappa shape index (κ3) is 3.81. The second-order valence-electron chi connectivity index (χ2n) is 8.27. The Labute approximate surface area is 197 Å². The molecule has 5 rings (SSSR count). The van der Waals surface area contributed by atoms with Gasteiger partial charge in [-0.3, -0.25) is 9.59 Å². The summed E-state index contributed by atoms with van der Waals surface area (Å²) in [4.78, 5) is 30.8. The van der Waals surface area contributed by atoms with Gasteiger partial charge in [0.15, 0.2) is 0 Å². The zero-order valence-electron chi connectivity index (χ0n) is 19.3. The molecule has 1 fully saturated rings. The standard InChI is InChI=1S/C26H27N5O3/c1-3-28-17-20(24-21(18-28)26(33)31(27-24)19-9-5-4-6-10-19)25(32)30-15-13-29(14-16-30)22-11-7-8-12-23(22)34-2/h4-12,17-18H,3,13-16H2,1-2H3. The number of para-hydroxylation sites is 3. The number of aromatic nitrogens is 3. The summed E-state index contributed by atoms with van der Waals surface area (Å²) in [5.41, 5.74) is 2.83. The Hall–Kier alpha value is -4.07. The van der Waals surface area contributed by atoms with Gasteiger partial charge in [0, 0.05) is 45.1 Å². The van der Waals surface area contributed by atoms with Crippen LogP contribution in [0.15, 0.2) is 71.8 Å². The lowest BCUT2D eigenvalue weighted by atomic mass is 10.1. The third-order valence-corrected chi connectivity index (χ3v) is 6.31. The minimum Gasteiger partial charge on any atom is -0.495 e. The Morgan fingerprint density at radius 2 is 1.68 bits per heavy atom. The van der Waals surface area contributed by atoms with Gasteiger partial charge in [-0.05, 0) is 31.2 Å². The molecular formula is C26H27N5O3. The van der Waals surface area contributed by atoms with E-state index in [1.54, 1.807) is 19.5 Å². The quantitative estimate of drug-likeness (QED) is 0.461. The van der Waals surface area contributed by atoms with Crippen LogP contribution in [0, 0.1) is 0 Å². The lowest BCUT2D eigenvalue weighted by Gasteiger charge is -2.36. The predicted octanol–water partition coefficient (Wildman–Crippen LogP) is 3.13. The molecule has 0 aliphatic carbocycles. The molecule has 0 bridgehead atoms. The van der Waals surface area contributed by atoms with Gasteiger partial charge in [-0.15, -0.1) is 0 Å². The van der Waals surface area contributed by atoms with Gasteiger partial charge in [-0.1, -0.05) is 30.3 Å². The van der Waals surface area contributed by atoms with Crippen molar-refractivity contribution in [1.82, 2.24) is 19.2 Å². The van der Waals surface area contributed by atoms with Crippen molar-refractivity contribution >= 4 is 11.6 Å². The Morgan fingerprint density at radius 1 is 0.971 bits per heavy atom. The van der Waals surface area contributed by atoms with E-state index in [0.29, 0.717) is 55.2 Å². The Kier molecular flexibility index (Phi) is 5.79. The third-order valence-electron chi connectivity index (χ3n) is 6.31. The van der Waals surface area contributed by atoms with Gasteiger partial charge < -0.3 is 19.1 Å². The van der Waals surface area contributed by atoms with Crippen LogP contribution in [-0.4, -0.2) is 58.4 Å². The lowest BCUT2D eigenvalue weighted by Crippen LogP contribution is -2.49. The van der Waals surface area contributed by atoms with Gasteiger partial charge in [0.1, 0.15) is 11.4 Å². The molecule has 2 aromatic rings. The van der Waals surface area contributed by atoms with Gasteiger partial charge in [0.05, 0.1) is 29.6 Å². The molecule has 0 saturated carbocycles. The maximum absolute atomic E-state index is 13.6. The number of nitrogens with zero attached hydrogens (tertiary/aromatic N) is 5. The summed E-state index contributed by atoms with van der Waals surface area (Å²) in [6, 6.07) is 17.2. The van der Waals surface area contributed by atoms with Crippen LogP contribution in [0.5, 0.6) is 5.75 Å². The van der Waals surface area contributed by atoms with E-state index in [2.05, 4.69) is 10.00 Å². The summed E-state index contributed by atoms with van der Waals surface area (Å²) in [5.74, 6) is 0.718. The number of benzene rings is 2. The van der Waals surface area contributed by atoms with Crippen molar-refractivity contribution in [3.8, 4) is 22.7 Å². The van der Waals surface area contributed by atoms with Gasteiger partial charge in [0.25, 0.3) is 11.5 Å². The van der Waals surface area contributed by atoms with Crippen molar-refractivity contribution < 1.29 is 9.53 Å². The maximum atomic E-state index is 13.6. The minimum atomic E-state index is -0.223. The summed E-state index contributed by atoms with van der Waals surface area (Å²) in [6.45, 7) is 5.17. The van der Waals surface area contributed by atoms with Crippen LogP contribution in [0.4, 0.5) is 5.69 Å². The molecule has 8 heteroatoms. The van der Waals surface area contributed by atoms with E-state index in [-0.39, 0.29) is 11.5 Å². The van der Waals surface area contributed by atoms with E-state index < -0.39 is 0 Å². The van der Waals surface area contributed by atoms with Crippen LogP contribution in [0.3, 0.4) is 0 Å². The van der Waals surface area contributed by atoms with Crippen molar-refractivity contribution in [1.29, 1.82) is 0 Å². The predicted molar refractivity (Wildman–Crippen MR) is 131 cm³/mol. The highest BCUT2D eigenvalue weighted by atomic mass is 16.5. The summed E-state index contributed by atoms with van der Waals surface area (Å²) in [7, 11) is 1.67. The largest absolute Gasteiger partial charge is 0.495 e. The van der Waals surface area contributed by atoms with Gasteiger partial charge in [-0.2, -0.15) is 9.78 Å². The number of hydrogen-bond acceptors (Lipinski definition) is 5. The number of carbonyl (C=O) groups excluding carboxylic acids is 1. The smallest absolute Gasteiger partial charge is 0.282 e. The van der Waals surface area contributed by atoms with Crippen LogP contribution in [0.2, 0.25) is 0 Å². The number of fused-ring (bicyclic) bond motifs is 1. The number of ether oxygens (including phenoxy) is 1. The van der Waals surface area contributed by atoms with Gasteiger partial charge >= 0.3 is 0 Å². The molecule has 0 aromatic heterocycles. The number of piperazine rings is 1. The van der Waals surface area contributed by atoms with E-state index in [0.717, 1.165) is 11.4 Å². The molecule has 8 nitrogen and oxygen atoms in total. The molecule has 0 radical (unpaired) electrons. The van der Waals surface area contributed by atoms with E-state index in [1.807, 2.05) is 71.0 Å². The number of aryl methyl sites for hydroxylation is 1. The fourth-order valence-electron chi connectivity index (χ4n) is 4.46. The van der Waals surface area contributed by atoms with E-state index in [1.165, 1.54) is 4.68 Å². The highest BCUT2D eigenvalue weighted by Gasteiger charge is 2.29. The number of hydrogen-bond donors (Lipinski definition) is 0. The van der Waals surface area contributed by atoms with Crippen LogP contribution in [0.25, 0.3) is 16.9 Å². The summed E-state index contributed by atoms with van der Waals surface area (Å²) in [6.07, 6.45) is 3.58. The zero-order chi connectivity index (χ0) is 23.7. The molecule has 1 amide bonds. The average molecular weight is 458 g/mol. The first kappa shape index (κ1) is 21.8. The summed E-state index contributed by atoms with van der Waals surface area (Å²) in [5, 5.41) is 4.58. The fraction of sp³-hybridized carbons (Fsp3) is 0.269.